The normalized spacial score (nSPS) is 10.7. The molecular weight excluding hydrogens is 396 g/mol. The summed E-state index contributed by atoms with van der Waals surface area (Å²) < 4.78 is 0. The van der Waals surface area contributed by atoms with Gasteiger partial charge in [-0.05, 0) is 47.5 Å². The van der Waals surface area contributed by atoms with E-state index >= 15 is 0 Å². The summed E-state index contributed by atoms with van der Waals surface area (Å²) in [6.07, 6.45) is 1.83. The number of carbonyl (C=O) groups excluding carboxylic acids is 1. The van der Waals surface area contributed by atoms with Crippen LogP contribution in [-0.2, 0) is 19.6 Å². The number of hydrogen-bond donors (Lipinski definition) is 2. The van der Waals surface area contributed by atoms with Crippen LogP contribution in [0.1, 0.15) is 27.2 Å². The standard InChI is InChI=1S/C27H26N4O/c32-27(30-29-25-11-5-2-6-12-25)24-16-14-23(15-17-24)20-31(19-22-9-3-1-4-10-22)21-26-13-7-8-18-28-26/h1-18,29H,19-21H2,(H,30,32). The number of nitrogens with zero attached hydrogens (tertiary/aromatic N) is 2. The van der Waals surface area contributed by atoms with Gasteiger partial charge in [0.25, 0.3) is 5.91 Å². The highest BCUT2D eigenvalue weighted by Crippen LogP contribution is 2.14. The van der Waals surface area contributed by atoms with Crippen LogP contribution < -0.4 is 10.9 Å². The van der Waals surface area contributed by atoms with Crippen molar-refractivity contribution in [3.8, 4) is 0 Å². The Morgan fingerprint density at radius 1 is 0.688 bits per heavy atom. The van der Waals surface area contributed by atoms with E-state index in [1.54, 1.807) is 0 Å². The molecule has 3 aromatic carbocycles. The SMILES string of the molecule is O=C(NNc1ccccc1)c1ccc(CN(Cc2ccccc2)Cc2ccccn2)cc1. The van der Waals surface area contributed by atoms with Crippen LogP contribution in [0.15, 0.2) is 109 Å². The van der Waals surface area contributed by atoms with Gasteiger partial charge in [-0.15, -0.1) is 0 Å². The van der Waals surface area contributed by atoms with Gasteiger partial charge in [0, 0.05) is 31.4 Å². The van der Waals surface area contributed by atoms with Gasteiger partial charge >= 0.3 is 0 Å². The van der Waals surface area contributed by atoms with Crippen molar-refractivity contribution in [1.29, 1.82) is 0 Å². The first-order valence-electron chi connectivity index (χ1n) is 10.6. The maximum absolute atomic E-state index is 12.4. The molecule has 0 spiro atoms. The zero-order valence-corrected chi connectivity index (χ0v) is 17.8. The lowest BCUT2D eigenvalue weighted by molar-refractivity contribution is 0.0962. The maximum Gasteiger partial charge on any atom is 0.269 e. The van der Waals surface area contributed by atoms with Crippen LogP contribution in [0, 0.1) is 0 Å². The minimum absolute atomic E-state index is 0.171. The number of para-hydroxylation sites is 1. The molecule has 0 aliphatic heterocycles. The lowest BCUT2D eigenvalue weighted by Crippen LogP contribution is -2.29. The lowest BCUT2D eigenvalue weighted by atomic mass is 10.1. The summed E-state index contributed by atoms with van der Waals surface area (Å²) in [5, 5.41) is 0. The molecule has 2 N–H and O–H groups in total. The molecule has 0 radical (unpaired) electrons. The van der Waals surface area contributed by atoms with Crippen molar-refractivity contribution >= 4 is 11.6 Å². The van der Waals surface area contributed by atoms with E-state index in [4.69, 9.17) is 0 Å². The molecule has 0 aliphatic carbocycles. The second kappa shape index (κ2) is 10.9. The summed E-state index contributed by atoms with van der Waals surface area (Å²) in [4.78, 5) is 19.3. The number of aromatic nitrogens is 1. The second-order valence-corrected chi connectivity index (χ2v) is 7.59. The number of carbonyl (C=O) groups is 1. The van der Waals surface area contributed by atoms with Gasteiger partial charge in [0.1, 0.15) is 0 Å². The van der Waals surface area contributed by atoms with Gasteiger partial charge in [-0.25, -0.2) is 0 Å². The van der Waals surface area contributed by atoms with E-state index in [0.717, 1.165) is 36.6 Å². The van der Waals surface area contributed by atoms with Gasteiger partial charge in [-0.2, -0.15) is 0 Å². The summed E-state index contributed by atoms with van der Waals surface area (Å²) in [6, 6.07) is 33.7. The molecule has 32 heavy (non-hydrogen) atoms. The summed E-state index contributed by atoms with van der Waals surface area (Å²) >= 11 is 0. The quantitative estimate of drug-likeness (QED) is 0.371. The van der Waals surface area contributed by atoms with Crippen molar-refractivity contribution in [1.82, 2.24) is 15.3 Å². The van der Waals surface area contributed by atoms with Crippen molar-refractivity contribution in [2.75, 3.05) is 5.43 Å². The molecule has 1 amide bonds. The second-order valence-electron chi connectivity index (χ2n) is 7.59. The first-order valence-corrected chi connectivity index (χ1v) is 10.6. The van der Waals surface area contributed by atoms with Gasteiger partial charge in [-0.3, -0.25) is 25.5 Å². The first-order chi connectivity index (χ1) is 15.8. The molecule has 1 aromatic heterocycles. The predicted octanol–water partition coefficient (Wildman–Crippen LogP) is 5.04. The average Bonchev–Trinajstić information content (AvgIpc) is 2.85. The van der Waals surface area contributed by atoms with E-state index in [1.807, 2.05) is 85.1 Å². The first kappa shape index (κ1) is 21.3. The van der Waals surface area contributed by atoms with E-state index in [9.17, 15) is 4.79 Å². The number of nitrogens with one attached hydrogen (secondary N) is 2. The Morgan fingerprint density at radius 3 is 1.97 bits per heavy atom. The van der Waals surface area contributed by atoms with Crippen molar-refractivity contribution < 1.29 is 4.79 Å². The third kappa shape index (κ3) is 6.27. The Hall–Kier alpha value is -3.96. The number of hydrogen-bond acceptors (Lipinski definition) is 4. The van der Waals surface area contributed by atoms with Gasteiger partial charge in [0.05, 0.1) is 11.4 Å². The monoisotopic (exact) mass is 422 g/mol. The number of anilines is 1. The number of rotatable bonds is 9. The largest absolute Gasteiger partial charge is 0.298 e. The number of benzene rings is 3. The Balaban J connectivity index is 1.40. The van der Waals surface area contributed by atoms with Crippen LogP contribution in [0.5, 0.6) is 0 Å². The van der Waals surface area contributed by atoms with Crippen LogP contribution >= 0.6 is 0 Å². The van der Waals surface area contributed by atoms with Crippen molar-refractivity contribution in [3.63, 3.8) is 0 Å². The molecule has 160 valence electrons. The molecule has 0 saturated carbocycles. The van der Waals surface area contributed by atoms with Gasteiger partial charge in [-0.1, -0.05) is 66.7 Å². The molecule has 1 heterocycles. The minimum atomic E-state index is -0.171. The third-order valence-electron chi connectivity index (χ3n) is 5.08. The zero-order chi connectivity index (χ0) is 22.0. The number of hydrazine groups is 1. The molecule has 4 aromatic rings. The van der Waals surface area contributed by atoms with Crippen LogP contribution in [-0.4, -0.2) is 15.8 Å². The summed E-state index contributed by atoms with van der Waals surface area (Å²) in [7, 11) is 0. The van der Waals surface area contributed by atoms with Crippen LogP contribution in [0.4, 0.5) is 5.69 Å². The lowest BCUT2D eigenvalue weighted by Gasteiger charge is -2.22. The minimum Gasteiger partial charge on any atom is -0.298 e. The Kier molecular flexibility index (Phi) is 7.24. The van der Waals surface area contributed by atoms with E-state index in [2.05, 4.69) is 45.0 Å². The summed E-state index contributed by atoms with van der Waals surface area (Å²) in [5.41, 5.74) is 10.5. The van der Waals surface area contributed by atoms with Crippen molar-refractivity contribution in [2.45, 2.75) is 19.6 Å². The number of amides is 1. The molecule has 0 saturated heterocycles. The molecule has 0 unspecified atom stereocenters. The Bertz CT molecular complexity index is 1060. The Labute approximate surface area is 188 Å². The van der Waals surface area contributed by atoms with E-state index < -0.39 is 0 Å². The molecule has 0 bridgehead atoms. The smallest absolute Gasteiger partial charge is 0.269 e. The summed E-state index contributed by atoms with van der Waals surface area (Å²) in [5.74, 6) is -0.171. The molecular formula is C27H26N4O. The fourth-order valence-electron chi connectivity index (χ4n) is 3.47. The highest BCUT2D eigenvalue weighted by molar-refractivity contribution is 5.94. The average molecular weight is 423 g/mol. The number of pyridine rings is 1. The fourth-order valence-corrected chi connectivity index (χ4v) is 3.47. The maximum atomic E-state index is 12.4. The highest BCUT2D eigenvalue weighted by atomic mass is 16.2. The summed E-state index contributed by atoms with van der Waals surface area (Å²) in [6.45, 7) is 2.33. The van der Waals surface area contributed by atoms with Crippen LogP contribution in [0.2, 0.25) is 0 Å². The Morgan fingerprint density at radius 2 is 1.31 bits per heavy atom. The molecule has 0 fully saturated rings. The fraction of sp³-hybridized carbons (Fsp3) is 0.111. The topological polar surface area (TPSA) is 57.3 Å². The van der Waals surface area contributed by atoms with Crippen LogP contribution in [0.25, 0.3) is 0 Å². The zero-order valence-electron chi connectivity index (χ0n) is 17.8. The highest BCUT2D eigenvalue weighted by Gasteiger charge is 2.11. The van der Waals surface area contributed by atoms with E-state index in [1.165, 1.54) is 5.56 Å². The molecule has 0 aliphatic rings. The van der Waals surface area contributed by atoms with Gasteiger partial charge < -0.3 is 0 Å². The van der Waals surface area contributed by atoms with E-state index in [0.29, 0.717) is 5.56 Å². The van der Waals surface area contributed by atoms with Gasteiger partial charge in [0.2, 0.25) is 0 Å². The third-order valence-corrected chi connectivity index (χ3v) is 5.08. The van der Waals surface area contributed by atoms with Crippen molar-refractivity contribution in [2.24, 2.45) is 0 Å². The van der Waals surface area contributed by atoms with Gasteiger partial charge in [0.15, 0.2) is 0 Å². The van der Waals surface area contributed by atoms with Crippen LogP contribution in [0.3, 0.4) is 0 Å². The molecule has 5 nitrogen and oxygen atoms in total. The molecule has 4 rings (SSSR count). The molecule has 0 atom stereocenters. The molecule has 5 heteroatoms. The van der Waals surface area contributed by atoms with Crippen molar-refractivity contribution in [3.05, 3.63) is 132 Å². The predicted molar refractivity (Wildman–Crippen MR) is 128 cm³/mol. The van der Waals surface area contributed by atoms with E-state index in [-0.39, 0.29) is 5.91 Å².